The smallest absolute Gasteiger partial charge is 0.251 e. The average molecular weight is 423 g/mol. The molecule has 7 heteroatoms. The third kappa shape index (κ3) is 4.66. The lowest BCUT2D eigenvalue weighted by molar-refractivity contribution is 0.0951. The average Bonchev–Trinajstić information content (AvgIpc) is 3.19. The first-order valence-corrected chi connectivity index (χ1v) is 9.75. The highest BCUT2D eigenvalue weighted by molar-refractivity contribution is 9.11. The molecule has 1 aromatic carbocycles. The molecule has 1 amide bonds. The number of nitrogens with one attached hydrogen (secondary N) is 1. The SMILES string of the molecule is Cc1nc(COc2cccc(C(=O)NCc3ccc(Br)s3)c2)cs1. The number of benzene rings is 1. The minimum absolute atomic E-state index is 0.116. The van der Waals surface area contributed by atoms with Gasteiger partial charge in [0.2, 0.25) is 0 Å². The zero-order chi connectivity index (χ0) is 16.9. The molecule has 0 aliphatic heterocycles. The molecule has 2 heterocycles. The quantitative estimate of drug-likeness (QED) is 0.621. The van der Waals surface area contributed by atoms with Crippen molar-refractivity contribution in [3.05, 3.63) is 66.7 Å². The molecule has 0 saturated carbocycles. The van der Waals surface area contributed by atoms with Crippen molar-refractivity contribution in [3.63, 3.8) is 0 Å². The van der Waals surface area contributed by atoms with E-state index in [2.05, 4.69) is 26.2 Å². The Morgan fingerprint density at radius 3 is 2.92 bits per heavy atom. The molecule has 0 spiro atoms. The normalized spacial score (nSPS) is 10.6. The van der Waals surface area contributed by atoms with E-state index >= 15 is 0 Å². The maximum atomic E-state index is 12.3. The molecule has 3 aromatic rings. The number of thiophene rings is 1. The largest absolute Gasteiger partial charge is 0.487 e. The summed E-state index contributed by atoms with van der Waals surface area (Å²) in [5.74, 6) is 0.543. The van der Waals surface area contributed by atoms with Gasteiger partial charge in [0.1, 0.15) is 12.4 Å². The van der Waals surface area contributed by atoms with Gasteiger partial charge >= 0.3 is 0 Å². The minimum atomic E-state index is -0.116. The van der Waals surface area contributed by atoms with E-state index < -0.39 is 0 Å². The van der Waals surface area contributed by atoms with Gasteiger partial charge in [-0.2, -0.15) is 0 Å². The Hall–Kier alpha value is -1.70. The summed E-state index contributed by atoms with van der Waals surface area (Å²) in [6.45, 7) is 2.88. The van der Waals surface area contributed by atoms with E-state index in [1.54, 1.807) is 34.8 Å². The fourth-order valence-electron chi connectivity index (χ4n) is 2.08. The van der Waals surface area contributed by atoms with Crippen molar-refractivity contribution in [2.45, 2.75) is 20.1 Å². The number of halogens is 1. The highest BCUT2D eigenvalue weighted by Gasteiger charge is 2.08. The van der Waals surface area contributed by atoms with Gasteiger partial charge in [-0.1, -0.05) is 6.07 Å². The Labute approximate surface area is 156 Å². The van der Waals surface area contributed by atoms with Crippen LogP contribution in [0.3, 0.4) is 0 Å². The van der Waals surface area contributed by atoms with Gasteiger partial charge in [0.05, 0.1) is 21.0 Å². The third-order valence-electron chi connectivity index (χ3n) is 3.20. The summed E-state index contributed by atoms with van der Waals surface area (Å²) < 4.78 is 6.78. The summed E-state index contributed by atoms with van der Waals surface area (Å²) in [5, 5.41) is 5.91. The van der Waals surface area contributed by atoms with Crippen molar-refractivity contribution in [2.75, 3.05) is 0 Å². The summed E-state index contributed by atoms with van der Waals surface area (Å²) in [6, 6.07) is 11.1. The number of aryl methyl sites for hydroxylation is 1. The second kappa shape index (κ2) is 7.92. The first kappa shape index (κ1) is 17.1. The topological polar surface area (TPSA) is 51.2 Å². The number of rotatable bonds is 6. The minimum Gasteiger partial charge on any atom is -0.487 e. The van der Waals surface area contributed by atoms with Crippen LogP contribution in [0.2, 0.25) is 0 Å². The molecule has 0 unspecified atom stereocenters. The molecule has 0 bridgehead atoms. The lowest BCUT2D eigenvalue weighted by atomic mass is 10.2. The van der Waals surface area contributed by atoms with Crippen LogP contribution in [0.4, 0.5) is 0 Å². The fraction of sp³-hybridized carbons (Fsp3) is 0.176. The van der Waals surface area contributed by atoms with Crippen molar-refractivity contribution in [2.24, 2.45) is 0 Å². The maximum Gasteiger partial charge on any atom is 0.251 e. The standard InChI is InChI=1S/C17H15BrN2O2S2/c1-11-20-13(10-23-11)9-22-14-4-2-3-12(7-14)17(21)19-8-15-5-6-16(18)24-15/h2-7,10H,8-9H2,1H3,(H,19,21). The number of ether oxygens (including phenoxy) is 1. The number of carbonyl (C=O) groups is 1. The number of carbonyl (C=O) groups excluding carboxylic acids is 1. The number of aromatic nitrogens is 1. The summed E-state index contributed by atoms with van der Waals surface area (Å²) >= 11 is 6.62. The van der Waals surface area contributed by atoms with Crippen LogP contribution in [0.15, 0.2) is 45.6 Å². The van der Waals surface area contributed by atoms with Crippen LogP contribution in [0.1, 0.15) is 25.9 Å². The molecule has 0 aliphatic rings. The zero-order valence-electron chi connectivity index (χ0n) is 12.9. The van der Waals surface area contributed by atoms with Crippen LogP contribution in [0, 0.1) is 6.92 Å². The molecule has 0 atom stereocenters. The molecular weight excluding hydrogens is 408 g/mol. The first-order chi connectivity index (χ1) is 11.6. The van der Waals surface area contributed by atoms with Crippen molar-refractivity contribution in [3.8, 4) is 5.75 Å². The van der Waals surface area contributed by atoms with Crippen LogP contribution in [0.25, 0.3) is 0 Å². The molecule has 124 valence electrons. The Kier molecular flexibility index (Phi) is 5.65. The summed E-state index contributed by atoms with van der Waals surface area (Å²) in [5.41, 5.74) is 1.48. The maximum absolute atomic E-state index is 12.3. The Bertz CT molecular complexity index is 844. The summed E-state index contributed by atoms with van der Waals surface area (Å²) in [7, 11) is 0. The predicted octanol–water partition coefficient (Wildman–Crippen LogP) is 4.78. The lowest BCUT2D eigenvalue weighted by Crippen LogP contribution is -2.22. The highest BCUT2D eigenvalue weighted by Crippen LogP contribution is 2.22. The second-order valence-electron chi connectivity index (χ2n) is 5.06. The predicted molar refractivity (Wildman–Crippen MR) is 101 cm³/mol. The summed E-state index contributed by atoms with van der Waals surface area (Å²) in [4.78, 5) is 17.7. The van der Waals surface area contributed by atoms with Gasteiger partial charge < -0.3 is 10.1 Å². The number of hydrogen-bond acceptors (Lipinski definition) is 5. The van der Waals surface area contributed by atoms with Crippen LogP contribution in [0.5, 0.6) is 5.75 Å². The monoisotopic (exact) mass is 422 g/mol. The van der Waals surface area contributed by atoms with Crippen LogP contribution < -0.4 is 10.1 Å². The zero-order valence-corrected chi connectivity index (χ0v) is 16.1. The van der Waals surface area contributed by atoms with Gasteiger partial charge in [0.15, 0.2) is 0 Å². The van der Waals surface area contributed by atoms with Gasteiger partial charge in [-0.05, 0) is 53.2 Å². The number of hydrogen-bond donors (Lipinski definition) is 1. The molecule has 0 fully saturated rings. The van der Waals surface area contributed by atoms with E-state index in [0.717, 1.165) is 19.4 Å². The fourth-order valence-corrected chi connectivity index (χ4v) is 4.10. The van der Waals surface area contributed by atoms with Crippen LogP contribution >= 0.6 is 38.6 Å². The molecule has 3 rings (SSSR count). The van der Waals surface area contributed by atoms with E-state index in [1.807, 2.05) is 36.6 Å². The summed E-state index contributed by atoms with van der Waals surface area (Å²) in [6.07, 6.45) is 0. The highest BCUT2D eigenvalue weighted by atomic mass is 79.9. The second-order valence-corrected chi connectivity index (χ2v) is 8.67. The van der Waals surface area contributed by atoms with Crippen molar-refractivity contribution in [1.29, 1.82) is 0 Å². The lowest BCUT2D eigenvalue weighted by Gasteiger charge is -2.07. The van der Waals surface area contributed by atoms with Gasteiger partial charge in [0.25, 0.3) is 5.91 Å². The molecule has 24 heavy (non-hydrogen) atoms. The van der Waals surface area contributed by atoms with E-state index in [4.69, 9.17) is 4.74 Å². The van der Waals surface area contributed by atoms with E-state index in [1.165, 1.54) is 0 Å². The third-order valence-corrected chi connectivity index (χ3v) is 5.65. The molecule has 0 radical (unpaired) electrons. The number of nitrogens with zero attached hydrogens (tertiary/aromatic N) is 1. The Morgan fingerprint density at radius 1 is 1.33 bits per heavy atom. The van der Waals surface area contributed by atoms with Crippen molar-refractivity contribution < 1.29 is 9.53 Å². The first-order valence-electron chi connectivity index (χ1n) is 7.26. The van der Waals surface area contributed by atoms with E-state index in [-0.39, 0.29) is 5.91 Å². The van der Waals surface area contributed by atoms with Gasteiger partial charge in [-0.25, -0.2) is 4.98 Å². The molecule has 4 nitrogen and oxygen atoms in total. The molecule has 1 N–H and O–H groups in total. The van der Waals surface area contributed by atoms with E-state index in [9.17, 15) is 4.79 Å². The number of amides is 1. The molecule has 0 saturated heterocycles. The van der Waals surface area contributed by atoms with Crippen LogP contribution in [-0.4, -0.2) is 10.9 Å². The molecular formula is C17H15BrN2O2S2. The molecule has 0 aliphatic carbocycles. The van der Waals surface area contributed by atoms with Gasteiger partial charge in [-0.3, -0.25) is 4.79 Å². The van der Waals surface area contributed by atoms with E-state index in [0.29, 0.717) is 24.5 Å². The Morgan fingerprint density at radius 2 is 2.21 bits per heavy atom. The van der Waals surface area contributed by atoms with Gasteiger partial charge in [-0.15, -0.1) is 22.7 Å². The van der Waals surface area contributed by atoms with Crippen molar-refractivity contribution >= 4 is 44.5 Å². The van der Waals surface area contributed by atoms with Crippen LogP contribution in [-0.2, 0) is 13.2 Å². The Balaban J connectivity index is 1.58. The van der Waals surface area contributed by atoms with Gasteiger partial charge in [0, 0.05) is 15.8 Å². The molecule has 2 aromatic heterocycles. The number of thiazole rings is 1. The van der Waals surface area contributed by atoms with Crippen molar-refractivity contribution in [1.82, 2.24) is 10.3 Å².